The van der Waals surface area contributed by atoms with Crippen molar-refractivity contribution in [1.29, 1.82) is 0 Å². The van der Waals surface area contributed by atoms with Gasteiger partial charge in [-0.2, -0.15) is 0 Å². The third kappa shape index (κ3) is 8.19. The van der Waals surface area contributed by atoms with Crippen molar-refractivity contribution in [3.63, 3.8) is 0 Å². The molecule has 0 amide bonds. The van der Waals surface area contributed by atoms with Crippen molar-refractivity contribution in [3.8, 4) is 50.2 Å². The molecule has 15 rings (SSSR count). The molecule has 0 aliphatic carbocycles. The highest BCUT2D eigenvalue weighted by atomic mass is 28.3. The summed E-state index contributed by atoms with van der Waals surface area (Å²) in [6.45, 7) is 0. The normalized spacial score (nSPS) is 11.7. The first-order valence-electron chi connectivity index (χ1n) is 28.2. The smallest absolute Gasteiger partial charge is 0.179 e. The Kier molecular flexibility index (Phi) is 12.2. The van der Waals surface area contributed by atoms with Gasteiger partial charge >= 0.3 is 0 Å². The van der Waals surface area contributed by atoms with Crippen LogP contribution in [0, 0.1) is 0 Å². The second-order valence-electron chi connectivity index (χ2n) is 21.1. The van der Waals surface area contributed by atoms with Gasteiger partial charge in [-0.1, -0.05) is 267 Å². The number of hydrogen-bond acceptors (Lipinski definition) is 2. The van der Waals surface area contributed by atoms with Crippen molar-refractivity contribution in [2.45, 2.75) is 0 Å². The maximum Gasteiger partial charge on any atom is 0.179 e. The molecule has 0 spiro atoms. The van der Waals surface area contributed by atoms with Crippen LogP contribution in [0.2, 0.25) is 0 Å². The van der Waals surface area contributed by atoms with Gasteiger partial charge in [0.05, 0.1) is 16.7 Å². The molecule has 0 fully saturated rings. The van der Waals surface area contributed by atoms with Crippen LogP contribution >= 0.6 is 0 Å². The molecule has 0 bridgehead atoms. The molecule has 0 atom stereocenters. The van der Waals surface area contributed by atoms with Gasteiger partial charge < -0.3 is 13.9 Å². The molecule has 4 heteroatoms. The molecule has 3 nitrogen and oxygen atoms in total. The fourth-order valence-corrected chi connectivity index (χ4v) is 17.7. The zero-order valence-corrected chi connectivity index (χ0v) is 46.0. The maximum absolute atomic E-state index is 6.80. The van der Waals surface area contributed by atoms with Crippen LogP contribution in [-0.4, -0.2) is 12.6 Å². The monoisotopic (exact) mass is 1060 g/mol. The number of anilines is 3. The van der Waals surface area contributed by atoms with Gasteiger partial charge in [-0.3, -0.25) is 0 Å². The van der Waals surface area contributed by atoms with Crippen molar-refractivity contribution in [3.05, 3.63) is 328 Å². The quantitative estimate of drug-likeness (QED) is 0.0898. The predicted molar refractivity (Wildman–Crippen MR) is 348 cm³/mol. The molecule has 0 saturated heterocycles. The molecule has 2 aromatic heterocycles. The van der Waals surface area contributed by atoms with Crippen LogP contribution in [0.3, 0.4) is 0 Å². The topological polar surface area (TPSA) is 21.3 Å². The summed E-state index contributed by atoms with van der Waals surface area (Å²) < 4.78 is 9.29. The van der Waals surface area contributed by atoms with E-state index in [0.29, 0.717) is 0 Å². The van der Waals surface area contributed by atoms with Crippen molar-refractivity contribution in [2.24, 2.45) is 0 Å². The number of nitrogens with zero attached hydrogens (tertiary/aromatic N) is 2. The van der Waals surface area contributed by atoms with Gasteiger partial charge in [-0.05, 0) is 126 Å². The lowest BCUT2D eigenvalue weighted by molar-refractivity contribution is 0.669. The SMILES string of the molecule is c1ccc(-c2ccccc2-c2ccccc2-c2ccccc2-c2cccc(-n3c4ccc(N(c5ccccc5)c5cccc6c5oc5ccccc56)cc4c4cc([Si](c5ccccc5)(c5ccccc5)c5ccccc5)ccc43)c2)cc1. The summed E-state index contributed by atoms with van der Waals surface area (Å²) in [5, 5.41) is 9.84. The Balaban J connectivity index is 0.967. The fraction of sp³-hybridized carbons (Fsp3) is 0. The predicted octanol–water partition coefficient (Wildman–Crippen LogP) is 18.2. The molecular weight excluding hydrogens is 1010 g/mol. The second kappa shape index (κ2) is 20.6. The first-order valence-corrected chi connectivity index (χ1v) is 30.2. The molecule has 0 saturated carbocycles. The van der Waals surface area contributed by atoms with E-state index in [9.17, 15) is 0 Å². The van der Waals surface area contributed by atoms with E-state index in [0.717, 1.165) is 66.7 Å². The average Bonchev–Trinajstić information content (AvgIpc) is 4.29. The summed E-state index contributed by atoms with van der Waals surface area (Å²) in [6.07, 6.45) is 0. The van der Waals surface area contributed by atoms with Gasteiger partial charge in [-0.25, -0.2) is 0 Å². The van der Waals surface area contributed by atoms with Crippen molar-refractivity contribution >= 4 is 89.6 Å². The van der Waals surface area contributed by atoms with Crippen LogP contribution in [0.25, 0.3) is 93.9 Å². The number of benzene rings is 13. The lowest BCUT2D eigenvalue weighted by atomic mass is 9.87. The first kappa shape index (κ1) is 48.6. The summed E-state index contributed by atoms with van der Waals surface area (Å²) in [7, 11) is -2.94. The summed E-state index contributed by atoms with van der Waals surface area (Å²) in [5.41, 5.74) is 17.6. The summed E-state index contributed by atoms with van der Waals surface area (Å²) in [4.78, 5) is 2.36. The molecule has 0 unspecified atom stereocenters. The second-order valence-corrected chi connectivity index (χ2v) is 24.9. The third-order valence-corrected chi connectivity index (χ3v) is 21.3. The standard InChI is InChI=1S/C78H54N2OSi/c1-6-26-55(27-7-1)64-38-16-18-40-66(64)68-42-20-21-43-69(68)67-41-19-17-39-65(67)56-28-24-31-58(52-56)80-74-50-48-59(79(57-29-8-2-9-30-57)76-46-25-45-71-70-44-22-23-47-77(70)81-78(71)76)53-72(74)73-54-63(49-51-75(73)80)82(60-32-10-3-11-33-60,61-34-12-4-13-35-61)62-36-14-5-15-37-62/h1-54H. The number of para-hydroxylation sites is 3. The minimum absolute atomic E-state index is 0.849. The van der Waals surface area contributed by atoms with E-state index in [-0.39, 0.29) is 0 Å². The lowest BCUT2D eigenvalue weighted by Gasteiger charge is -2.34. The molecule has 13 aromatic carbocycles. The molecule has 0 N–H and O–H groups in total. The van der Waals surface area contributed by atoms with Gasteiger partial charge in [-0.15, -0.1) is 0 Å². The van der Waals surface area contributed by atoms with Gasteiger partial charge in [0.15, 0.2) is 13.7 Å². The molecule has 0 aliphatic heterocycles. The molecule has 386 valence electrons. The first-order chi connectivity index (χ1) is 40.7. The van der Waals surface area contributed by atoms with Gasteiger partial charge in [0, 0.05) is 38.6 Å². The van der Waals surface area contributed by atoms with Crippen molar-refractivity contribution in [1.82, 2.24) is 4.57 Å². The van der Waals surface area contributed by atoms with Crippen molar-refractivity contribution < 1.29 is 4.42 Å². The van der Waals surface area contributed by atoms with E-state index in [1.807, 2.05) is 6.07 Å². The Hall–Kier alpha value is -10.5. The van der Waals surface area contributed by atoms with E-state index in [2.05, 4.69) is 331 Å². The van der Waals surface area contributed by atoms with Crippen LogP contribution < -0.4 is 25.6 Å². The molecule has 0 aliphatic rings. The highest BCUT2D eigenvalue weighted by Gasteiger charge is 2.41. The van der Waals surface area contributed by atoms with Crippen LogP contribution in [0.1, 0.15) is 0 Å². The highest BCUT2D eigenvalue weighted by molar-refractivity contribution is 7.20. The Labute approximate surface area is 478 Å². The molecule has 82 heavy (non-hydrogen) atoms. The Morgan fingerprint density at radius 3 is 1.34 bits per heavy atom. The fourth-order valence-electron chi connectivity index (χ4n) is 13.0. The maximum atomic E-state index is 6.80. The molecular formula is C78H54N2OSi. The van der Waals surface area contributed by atoms with Crippen LogP contribution in [0.4, 0.5) is 17.1 Å². The third-order valence-electron chi connectivity index (χ3n) is 16.6. The molecule has 0 radical (unpaired) electrons. The minimum Gasteiger partial charge on any atom is -0.454 e. The van der Waals surface area contributed by atoms with Gasteiger partial charge in [0.2, 0.25) is 0 Å². The van der Waals surface area contributed by atoms with Crippen molar-refractivity contribution in [2.75, 3.05) is 4.90 Å². The number of aromatic nitrogens is 1. The largest absolute Gasteiger partial charge is 0.454 e. The molecule has 15 aromatic rings. The van der Waals surface area contributed by atoms with E-state index < -0.39 is 8.07 Å². The average molecular weight is 1060 g/mol. The van der Waals surface area contributed by atoms with E-state index in [1.165, 1.54) is 65.1 Å². The number of hydrogen-bond donors (Lipinski definition) is 0. The number of rotatable bonds is 12. The van der Waals surface area contributed by atoms with Crippen LogP contribution in [-0.2, 0) is 0 Å². The minimum atomic E-state index is -2.94. The Morgan fingerprint density at radius 1 is 0.280 bits per heavy atom. The van der Waals surface area contributed by atoms with Crippen LogP contribution in [0.15, 0.2) is 332 Å². The van der Waals surface area contributed by atoms with E-state index in [4.69, 9.17) is 4.42 Å². The van der Waals surface area contributed by atoms with Crippen LogP contribution in [0.5, 0.6) is 0 Å². The number of furan rings is 1. The van der Waals surface area contributed by atoms with Gasteiger partial charge in [0.1, 0.15) is 5.58 Å². The zero-order valence-electron chi connectivity index (χ0n) is 45.0. The van der Waals surface area contributed by atoms with Gasteiger partial charge in [0.25, 0.3) is 0 Å². The summed E-state index contributed by atoms with van der Waals surface area (Å²) in [6, 6.07) is 120. The Morgan fingerprint density at radius 2 is 0.732 bits per heavy atom. The summed E-state index contributed by atoms with van der Waals surface area (Å²) >= 11 is 0. The van der Waals surface area contributed by atoms with E-state index >= 15 is 0 Å². The lowest BCUT2D eigenvalue weighted by Crippen LogP contribution is -2.74. The highest BCUT2D eigenvalue weighted by Crippen LogP contribution is 2.46. The number of fused-ring (bicyclic) bond motifs is 6. The van der Waals surface area contributed by atoms with E-state index in [1.54, 1.807) is 0 Å². The Bertz CT molecular complexity index is 4700. The summed E-state index contributed by atoms with van der Waals surface area (Å²) in [5.74, 6) is 0. The molecule has 2 heterocycles. The zero-order chi connectivity index (χ0) is 54.4.